The van der Waals surface area contributed by atoms with Crippen molar-refractivity contribution in [1.29, 1.82) is 0 Å². The summed E-state index contributed by atoms with van der Waals surface area (Å²) in [6.45, 7) is 1.47. The summed E-state index contributed by atoms with van der Waals surface area (Å²) in [7, 11) is 1.18. The van der Waals surface area contributed by atoms with Crippen molar-refractivity contribution < 1.29 is 40.2 Å². The Balaban J connectivity index is 2.11. The summed E-state index contributed by atoms with van der Waals surface area (Å²) < 4.78 is 110. The second-order valence-corrected chi connectivity index (χ2v) is 8.14. The zero-order chi connectivity index (χ0) is 27.1. The average molecular weight is 534 g/mol. The highest BCUT2D eigenvalue weighted by atomic mass is 19.4. The molecule has 1 aromatic carbocycles. The minimum Gasteiger partial charge on any atom is -0.468 e. The summed E-state index contributed by atoms with van der Waals surface area (Å²) in [6, 6.07) is 0.211. The van der Waals surface area contributed by atoms with Gasteiger partial charge < -0.3 is 25.8 Å². The van der Waals surface area contributed by atoms with E-state index in [4.69, 9.17) is 15.2 Å². The van der Waals surface area contributed by atoms with Crippen molar-refractivity contribution in [3.05, 3.63) is 28.8 Å². The molecule has 1 atom stereocenters. The number of nitrogen functional groups attached to an aromatic ring is 1. The lowest BCUT2D eigenvalue weighted by Crippen LogP contribution is -2.31. The Hall–Kier alpha value is -3.62. The van der Waals surface area contributed by atoms with Crippen molar-refractivity contribution >= 4 is 22.4 Å². The predicted octanol–water partition coefficient (Wildman–Crippen LogP) is 4.31. The number of hydrogen-bond donors (Lipinski definition) is 3. The Labute approximate surface area is 205 Å². The molecule has 0 saturated heterocycles. The zero-order valence-electron chi connectivity index (χ0n) is 19.4. The molecule has 200 valence electrons. The van der Waals surface area contributed by atoms with Crippen LogP contribution in [0.5, 0.6) is 11.9 Å². The van der Waals surface area contributed by atoms with Crippen molar-refractivity contribution in [2.75, 3.05) is 37.8 Å². The molecule has 0 spiro atoms. The van der Waals surface area contributed by atoms with Crippen molar-refractivity contribution in [2.45, 2.75) is 32.1 Å². The first-order chi connectivity index (χ1) is 17.4. The highest BCUT2D eigenvalue weighted by Gasteiger charge is 2.39. The molecule has 3 heterocycles. The molecule has 0 fully saturated rings. The number of alkyl halides is 5. The lowest BCUT2D eigenvalue weighted by atomic mass is 9.96. The topological polar surface area (TPSA) is 107 Å². The van der Waals surface area contributed by atoms with Gasteiger partial charge in [-0.2, -0.15) is 23.1 Å². The summed E-state index contributed by atoms with van der Waals surface area (Å²) in [6.07, 6.45) is -10.1. The fourth-order valence-corrected chi connectivity index (χ4v) is 3.99. The smallest absolute Gasteiger partial charge is 0.417 e. The maximum Gasteiger partial charge on any atom is 0.417 e. The number of pyridine rings is 1. The Bertz CT molecular complexity index is 1340. The van der Waals surface area contributed by atoms with Crippen LogP contribution in [0.2, 0.25) is 0 Å². The number of methoxy groups -OCH3 is 1. The number of rotatable bonds is 3. The average Bonchev–Trinajstić information content (AvgIpc) is 2.87. The molecule has 2 aromatic heterocycles. The number of nitrogens with zero attached hydrogens (tertiary/aromatic N) is 3. The van der Waals surface area contributed by atoms with E-state index < -0.39 is 69.8 Å². The van der Waals surface area contributed by atoms with Gasteiger partial charge in [-0.15, -0.1) is 0 Å². The molecule has 37 heavy (non-hydrogen) atoms. The van der Waals surface area contributed by atoms with Gasteiger partial charge in [0.2, 0.25) is 5.88 Å². The van der Waals surface area contributed by atoms with Gasteiger partial charge in [0.15, 0.2) is 11.9 Å². The number of halogens is 7. The number of hydrogen-bond acceptors (Lipinski definition) is 8. The highest BCUT2D eigenvalue weighted by Crippen LogP contribution is 2.44. The third-order valence-corrected chi connectivity index (χ3v) is 5.72. The largest absolute Gasteiger partial charge is 0.468 e. The molecule has 0 saturated carbocycles. The maximum atomic E-state index is 15.9. The molecule has 0 aliphatic carbocycles. The van der Waals surface area contributed by atoms with Crippen molar-refractivity contribution in [1.82, 2.24) is 20.3 Å². The fraction of sp³-hybridized carbons (Fsp3) is 0.409. The van der Waals surface area contributed by atoms with Crippen LogP contribution in [-0.2, 0) is 6.18 Å². The molecule has 4 rings (SSSR count). The lowest BCUT2D eigenvalue weighted by Gasteiger charge is -2.22. The van der Waals surface area contributed by atoms with Crippen LogP contribution in [-0.4, -0.2) is 54.2 Å². The Morgan fingerprint density at radius 3 is 2.49 bits per heavy atom. The van der Waals surface area contributed by atoms with Gasteiger partial charge in [-0.3, -0.25) is 0 Å². The van der Waals surface area contributed by atoms with Gasteiger partial charge in [-0.25, -0.2) is 22.5 Å². The molecule has 0 bridgehead atoms. The van der Waals surface area contributed by atoms with Gasteiger partial charge in [0.05, 0.1) is 18.4 Å². The van der Waals surface area contributed by atoms with Gasteiger partial charge in [-0.1, -0.05) is 0 Å². The molecule has 8 nitrogen and oxygen atoms in total. The fourth-order valence-electron chi connectivity index (χ4n) is 3.99. The summed E-state index contributed by atoms with van der Waals surface area (Å²) in [4.78, 5) is 11.9. The third-order valence-electron chi connectivity index (χ3n) is 5.72. The normalized spacial score (nSPS) is 16.8. The Kier molecular flexibility index (Phi) is 7.17. The molecular formula is C22H21F7N6O2. The molecule has 3 aromatic rings. The first-order valence-corrected chi connectivity index (χ1v) is 10.9. The number of anilines is 2. The van der Waals surface area contributed by atoms with Crippen LogP contribution in [0.15, 0.2) is 6.07 Å². The lowest BCUT2D eigenvalue weighted by molar-refractivity contribution is -0.137. The van der Waals surface area contributed by atoms with Crippen LogP contribution >= 0.6 is 0 Å². The summed E-state index contributed by atoms with van der Waals surface area (Å²) >= 11 is 0. The van der Waals surface area contributed by atoms with Crippen LogP contribution in [0.25, 0.3) is 22.2 Å². The molecule has 1 aliphatic heterocycles. The molecule has 1 aliphatic rings. The van der Waals surface area contributed by atoms with Gasteiger partial charge in [0, 0.05) is 25.1 Å². The van der Waals surface area contributed by atoms with Crippen molar-refractivity contribution in [2.24, 2.45) is 0 Å². The summed E-state index contributed by atoms with van der Waals surface area (Å²) in [5.74, 6) is -3.45. The van der Waals surface area contributed by atoms with E-state index >= 15 is 4.39 Å². The highest BCUT2D eigenvalue weighted by molar-refractivity contribution is 5.96. The SMILES string of the molecule is COc1nc2c3c(nc(-c4cc(N)c(F)c(C)c4C(F)(F)F)c(F)c3n1)OC(C(F)F)CCNCCN2. The van der Waals surface area contributed by atoms with Gasteiger partial charge in [-0.05, 0) is 25.1 Å². The molecule has 0 amide bonds. The van der Waals surface area contributed by atoms with E-state index in [0.29, 0.717) is 12.6 Å². The number of benzene rings is 1. The molecule has 1 unspecified atom stereocenters. The number of nitrogens with two attached hydrogens (primary N) is 1. The summed E-state index contributed by atoms with van der Waals surface area (Å²) in [5.41, 5.74) is -0.0683. The second-order valence-electron chi connectivity index (χ2n) is 8.14. The van der Waals surface area contributed by atoms with Crippen LogP contribution in [0, 0.1) is 18.6 Å². The third kappa shape index (κ3) is 4.99. The first-order valence-electron chi connectivity index (χ1n) is 10.9. The molecule has 15 heteroatoms. The summed E-state index contributed by atoms with van der Waals surface area (Å²) in [5, 5.41) is 5.52. The van der Waals surface area contributed by atoms with E-state index in [1.54, 1.807) is 0 Å². The standard InChI is InChI=1S/C22H21F7N6O2/c1-8-13(22(27,28)29)9(7-10(30)14(8)23)16-15(24)17-12-19(35-21(34-17)36-2)32-6-5-31-4-3-11(18(25)26)37-20(12)33-16/h7,11,18,31H,3-6,30H2,1-2H3,(H,32,34,35). The predicted molar refractivity (Wildman–Crippen MR) is 120 cm³/mol. The van der Waals surface area contributed by atoms with E-state index in [-0.39, 0.29) is 36.7 Å². The molecular weight excluding hydrogens is 513 g/mol. The quantitative estimate of drug-likeness (QED) is 0.337. The number of aromatic nitrogens is 3. The zero-order valence-corrected chi connectivity index (χ0v) is 19.4. The van der Waals surface area contributed by atoms with E-state index in [9.17, 15) is 26.3 Å². The van der Waals surface area contributed by atoms with Crippen LogP contribution in [0.1, 0.15) is 17.5 Å². The first kappa shape index (κ1) is 26.4. The number of nitrogens with one attached hydrogen (secondary N) is 2. The molecule has 0 radical (unpaired) electrons. The van der Waals surface area contributed by atoms with E-state index in [1.807, 2.05) is 0 Å². The van der Waals surface area contributed by atoms with Gasteiger partial charge in [0.1, 0.15) is 28.2 Å². The monoisotopic (exact) mass is 534 g/mol. The minimum absolute atomic E-state index is 0.0997. The van der Waals surface area contributed by atoms with Gasteiger partial charge in [0.25, 0.3) is 6.43 Å². The van der Waals surface area contributed by atoms with Crippen LogP contribution in [0.3, 0.4) is 0 Å². The van der Waals surface area contributed by atoms with Crippen LogP contribution < -0.4 is 25.8 Å². The Morgan fingerprint density at radius 2 is 1.84 bits per heavy atom. The molecule has 4 N–H and O–H groups in total. The van der Waals surface area contributed by atoms with E-state index in [2.05, 4.69) is 25.6 Å². The minimum atomic E-state index is -5.15. The Morgan fingerprint density at radius 1 is 1.11 bits per heavy atom. The maximum absolute atomic E-state index is 15.9. The second kappa shape index (κ2) is 10.0. The van der Waals surface area contributed by atoms with Crippen LogP contribution in [0.4, 0.5) is 42.2 Å². The van der Waals surface area contributed by atoms with Crippen molar-refractivity contribution in [3.63, 3.8) is 0 Å². The van der Waals surface area contributed by atoms with Gasteiger partial charge >= 0.3 is 12.2 Å². The van der Waals surface area contributed by atoms with E-state index in [1.165, 1.54) is 7.11 Å². The number of ether oxygens (including phenoxy) is 2. The van der Waals surface area contributed by atoms with Crippen molar-refractivity contribution in [3.8, 4) is 23.1 Å². The van der Waals surface area contributed by atoms with E-state index in [0.717, 1.165) is 6.92 Å².